The van der Waals surface area contributed by atoms with Crippen LogP contribution in [0.2, 0.25) is 0 Å². The van der Waals surface area contributed by atoms with Crippen LogP contribution in [0.15, 0.2) is 67.0 Å². The summed E-state index contributed by atoms with van der Waals surface area (Å²) in [6.07, 6.45) is 3.84. The number of carbonyl (C=O) groups is 1. The Kier molecular flexibility index (Phi) is 5.91. The van der Waals surface area contributed by atoms with Gasteiger partial charge in [0.1, 0.15) is 12.4 Å². The van der Waals surface area contributed by atoms with E-state index in [2.05, 4.69) is 27.9 Å². The molecule has 4 rings (SSSR count). The van der Waals surface area contributed by atoms with Gasteiger partial charge in [0.05, 0.1) is 18.7 Å². The van der Waals surface area contributed by atoms with Gasteiger partial charge in [-0.2, -0.15) is 5.10 Å². The molecule has 6 heteroatoms. The van der Waals surface area contributed by atoms with Crippen molar-refractivity contribution in [2.75, 3.05) is 26.2 Å². The number of hydrogen-bond donors (Lipinski definition) is 2. The molecule has 0 bridgehead atoms. The van der Waals surface area contributed by atoms with Gasteiger partial charge in [-0.1, -0.05) is 48.5 Å². The Labute approximate surface area is 170 Å². The van der Waals surface area contributed by atoms with E-state index < -0.39 is 0 Å². The van der Waals surface area contributed by atoms with E-state index in [-0.39, 0.29) is 17.7 Å². The lowest BCUT2D eigenvalue weighted by atomic mass is 9.90. The van der Waals surface area contributed by atoms with Gasteiger partial charge < -0.3 is 15.4 Å². The molecule has 2 N–H and O–H groups in total. The minimum atomic E-state index is -0.0872. The smallest absolute Gasteiger partial charge is 0.225 e. The molecule has 2 atom stereocenters. The first-order chi connectivity index (χ1) is 14.2. The second-order valence-corrected chi connectivity index (χ2v) is 7.32. The van der Waals surface area contributed by atoms with Crippen LogP contribution < -0.4 is 15.4 Å². The van der Waals surface area contributed by atoms with E-state index in [0.29, 0.717) is 19.7 Å². The summed E-state index contributed by atoms with van der Waals surface area (Å²) in [6.45, 7) is 2.37. The summed E-state index contributed by atoms with van der Waals surface area (Å²) in [6, 6.07) is 18.1. The zero-order valence-corrected chi connectivity index (χ0v) is 16.5. The maximum atomic E-state index is 12.7. The number of carbonyl (C=O) groups excluding carboxylic acids is 1. The van der Waals surface area contributed by atoms with E-state index in [1.807, 2.05) is 61.9 Å². The predicted molar refractivity (Wildman–Crippen MR) is 113 cm³/mol. The highest BCUT2D eigenvalue weighted by Gasteiger charge is 2.34. The summed E-state index contributed by atoms with van der Waals surface area (Å²) in [4.78, 5) is 12.7. The molecule has 1 amide bonds. The van der Waals surface area contributed by atoms with Crippen LogP contribution >= 0.6 is 0 Å². The fourth-order valence-corrected chi connectivity index (χ4v) is 3.85. The summed E-state index contributed by atoms with van der Waals surface area (Å²) in [7, 11) is 1.89. The molecule has 0 radical (unpaired) electrons. The topological polar surface area (TPSA) is 68.2 Å². The minimum Gasteiger partial charge on any atom is -0.491 e. The highest BCUT2D eigenvalue weighted by atomic mass is 16.5. The van der Waals surface area contributed by atoms with Gasteiger partial charge >= 0.3 is 0 Å². The van der Waals surface area contributed by atoms with Gasteiger partial charge in [0.25, 0.3) is 0 Å². The second kappa shape index (κ2) is 8.92. The maximum absolute atomic E-state index is 12.7. The normalized spacial score (nSPS) is 18.5. The van der Waals surface area contributed by atoms with Crippen molar-refractivity contribution in [3.63, 3.8) is 0 Å². The Balaban J connectivity index is 1.32. The van der Waals surface area contributed by atoms with Crippen LogP contribution in [0.1, 0.15) is 11.5 Å². The molecule has 29 heavy (non-hydrogen) atoms. The average molecular weight is 390 g/mol. The number of hydrogen-bond acceptors (Lipinski definition) is 4. The quantitative estimate of drug-likeness (QED) is 0.609. The molecule has 1 aliphatic heterocycles. The first-order valence-corrected chi connectivity index (χ1v) is 9.96. The van der Waals surface area contributed by atoms with Crippen LogP contribution in [-0.4, -0.2) is 41.9 Å². The van der Waals surface area contributed by atoms with Crippen molar-refractivity contribution < 1.29 is 9.53 Å². The first kappa shape index (κ1) is 19.2. The van der Waals surface area contributed by atoms with Crippen LogP contribution in [0.5, 0.6) is 5.75 Å². The largest absolute Gasteiger partial charge is 0.491 e. The van der Waals surface area contributed by atoms with E-state index in [9.17, 15) is 4.79 Å². The predicted octanol–water partition coefficient (Wildman–Crippen LogP) is 2.59. The summed E-state index contributed by atoms with van der Waals surface area (Å²) < 4.78 is 7.75. The van der Waals surface area contributed by atoms with E-state index >= 15 is 0 Å². The Morgan fingerprint density at radius 1 is 1.17 bits per heavy atom. The lowest BCUT2D eigenvalue weighted by molar-refractivity contribution is -0.124. The van der Waals surface area contributed by atoms with Gasteiger partial charge in [-0.05, 0) is 17.2 Å². The number of amides is 1. The molecule has 1 fully saturated rings. The van der Waals surface area contributed by atoms with Gasteiger partial charge in [-0.15, -0.1) is 0 Å². The molecule has 1 saturated heterocycles. The zero-order chi connectivity index (χ0) is 20.1. The molecule has 0 unspecified atom stereocenters. The molecule has 1 aliphatic rings. The van der Waals surface area contributed by atoms with Gasteiger partial charge in [0, 0.05) is 37.8 Å². The standard InChI is InChI=1S/C23H26N4O2/c1-27-16-18(13-26-27)20-14-24-15-21(20)23(28)25-11-12-29-22-10-6-5-9-19(22)17-7-3-2-4-8-17/h2-10,13,16,20-21,24H,11-12,14-15H2,1H3,(H,25,28)/t20-,21+/m1/s1. The monoisotopic (exact) mass is 390 g/mol. The molecular weight excluding hydrogens is 364 g/mol. The lowest BCUT2D eigenvalue weighted by Gasteiger charge is -2.17. The Hall–Kier alpha value is -3.12. The summed E-state index contributed by atoms with van der Waals surface area (Å²) in [5.41, 5.74) is 3.27. The number of nitrogens with one attached hydrogen (secondary N) is 2. The summed E-state index contributed by atoms with van der Waals surface area (Å²) in [5.74, 6) is 0.951. The van der Waals surface area contributed by atoms with E-state index in [1.165, 1.54) is 0 Å². The van der Waals surface area contributed by atoms with Crippen LogP contribution in [-0.2, 0) is 11.8 Å². The molecular formula is C23H26N4O2. The highest BCUT2D eigenvalue weighted by Crippen LogP contribution is 2.30. The number of rotatable bonds is 7. The third-order valence-electron chi connectivity index (χ3n) is 5.33. The second-order valence-electron chi connectivity index (χ2n) is 7.32. The van der Waals surface area contributed by atoms with Crippen molar-refractivity contribution in [3.05, 3.63) is 72.6 Å². The Bertz CT molecular complexity index is 954. The van der Waals surface area contributed by atoms with Gasteiger partial charge in [-0.25, -0.2) is 0 Å². The minimum absolute atomic E-state index is 0.0591. The zero-order valence-electron chi connectivity index (χ0n) is 16.5. The third kappa shape index (κ3) is 4.49. The molecule has 2 aromatic carbocycles. The van der Waals surface area contributed by atoms with Crippen LogP contribution in [0.3, 0.4) is 0 Å². The SMILES string of the molecule is Cn1cc([C@H]2CNC[C@@H]2C(=O)NCCOc2ccccc2-c2ccccc2)cn1. The fraction of sp³-hybridized carbons (Fsp3) is 0.304. The molecule has 150 valence electrons. The van der Waals surface area contributed by atoms with Crippen molar-refractivity contribution in [2.24, 2.45) is 13.0 Å². The Morgan fingerprint density at radius 2 is 1.97 bits per heavy atom. The number of benzene rings is 2. The van der Waals surface area contributed by atoms with Gasteiger partial charge in [0.15, 0.2) is 0 Å². The number of ether oxygens (including phenoxy) is 1. The summed E-state index contributed by atoms with van der Waals surface area (Å²) in [5, 5.41) is 10.6. The molecule has 2 heterocycles. The van der Waals surface area contributed by atoms with Crippen molar-refractivity contribution >= 4 is 5.91 Å². The van der Waals surface area contributed by atoms with E-state index in [0.717, 1.165) is 29.0 Å². The van der Waals surface area contributed by atoms with Crippen molar-refractivity contribution in [1.82, 2.24) is 20.4 Å². The number of aryl methyl sites for hydroxylation is 1. The molecule has 6 nitrogen and oxygen atoms in total. The van der Waals surface area contributed by atoms with Crippen molar-refractivity contribution in [3.8, 4) is 16.9 Å². The number of nitrogens with zero attached hydrogens (tertiary/aromatic N) is 2. The van der Waals surface area contributed by atoms with Crippen molar-refractivity contribution in [1.29, 1.82) is 0 Å². The molecule has 3 aromatic rings. The van der Waals surface area contributed by atoms with Gasteiger partial charge in [-0.3, -0.25) is 9.48 Å². The highest BCUT2D eigenvalue weighted by molar-refractivity contribution is 5.80. The molecule has 0 aliphatic carbocycles. The van der Waals surface area contributed by atoms with E-state index in [1.54, 1.807) is 4.68 Å². The average Bonchev–Trinajstić information content (AvgIpc) is 3.41. The third-order valence-corrected chi connectivity index (χ3v) is 5.33. The lowest BCUT2D eigenvalue weighted by Crippen LogP contribution is -2.36. The first-order valence-electron chi connectivity index (χ1n) is 9.96. The van der Waals surface area contributed by atoms with Crippen LogP contribution in [0.4, 0.5) is 0 Å². The Morgan fingerprint density at radius 3 is 2.76 bits per heavy atom. The van der Waals surface area contributed by atoms with E-state index in [4.69, 9.17) is 4.74 Å². The number of para-hydroxylation sites is 1. The van der Waals surface area contributed by atoms with Crippen LogP contribution in [0, 0.1) is 5.92 Å². The summed E-state index contributed by atoms with van der Waals surface area (Å²) >= 11 is 0. The maximum Gasteiger partial charge on any atom is 0.225 e. The fourth-order valence-electron chi connectivity index (χ4n) is 3.85. The van der Waals surface area contributed by atoms with Gasteiger partial charge in [0.2, 0.25) is 5.91 Å². The molecule has 0 spiro atoms. The van der Waals surface area contributed by atoms with Crippen LogP contribution in [0.25, 0.3) is 11.1 Å². The van der Waals surface area contributed by atoms with Crippen molar-refractivity contribution in [2.45, 2.75) is 5.92 Å². The number of aromatic nitrogens is 2. The molecule has 1 aromatic heterocycles. The molecule has 0 saturated carbocycles.